The summed E-state index contributed by atoms with van der Waals surface area (Å²) in [6, 6.07) is 5.76. The second kappa shape index (κ2) is 3.90. The number of aliphatic hydroxyl groups is 1. The standard InChI is InChI=1S/C9H10N2O2/c10-4-7-3-6(8(11)5-12)1-2-9(7)13/h1-3,8,12-13H,5,11H2. The zero-order valence-electron chi connectivity index (χ0n) is 6.94. The van der Waals surface area contributed by atoms with Crippen molar-refractivity contribution in [1.82, 2.24) is 0 Å². The van der Waals surface area contributed by atoms with Crippen molar-refractivity contribution in [3.8, 4) is 11.8 Å². The molecule has 0 aliphatic rings. The summed E-state index contributed by atoms with van der Waals surface area (Å²) in [5.74, 6) is -0.0728. The van der Waals surface area contributed by atoms with Gasteiger partial charge < -0.3 is 15.9 Å². The van der Waals surface area contributed by atoms with Crippen LogP contribution >= 0.6 is 0 Å². The minimum Gasteiger partial charge on any atom is -0.507 e. The maximum absolute atomic E-state index is 9.16. The molecule has 13 heavy (non-hydrogen) atoms. The van der Waals surface area contributed by atoms with Crippen LogP contribution in [0, 0.1) is 11.3 Å². The summed E-state index contributed by atoms with van der Waals surface area (Å²) in [5, 5.41) is 26.5. The molecule has 1 aromatic rings. The molecule has 1 unspecified atom stereocenters. The highest BCUT2D eigenvalue weighted by Gasteiger charge is 2.07. The lowest BCUT2D eigenvalue weighted by Crippen LogP contribution is -2.14. The maximum Gasteiger partial charge on any atom is 0.133 e. The fourth-order valence-corrected chi connectivity index (χ4v) is 0.979. The van der Waals surface area contributed by atoms with Gasteiger partial charge in [0.25, 0.3) is 0 Å². The van der Waals surface area contributed by atoms with Crippen LogP contribution in [-0.2, 0) is 0 Å². The number of nitrogens with two attached hydrogens (primary N) is 1. The van der Waals surface area contributed by atoms with Crippen molar-refractivity contribution in [3.05, 3.63) is 29.3 Å². The number of nitriles is 1. The molecule has 0 bridgehead atoms. The van der Waals surface area contributed by atoms with E-state index in [4.69, 9.17) is 21.2 Å². The number of aliphatic hydroxyl groups excluding tert-OH is 1. The number of hydrogen-bond acceptors (Lipinski definition) is 4. The van der Waals surface area contributed by atoms with Crippen molar-refractivity contribution >= 4 is 0 Å². The van der Waals surface area contributed by atoms with Crippen LogP contribution in [0.5, 0.6) is 5.75 Å². The van der Waals surface area contributed by atoms with Crippen molar-refractivity contribution in [1.29, 1.82) is 5.26 Å². The minimum absolute atomic E-state index is 0.0728. The Labute approximate surface area is 75.8 Å². The van der Waals surface area contributed by atoms with Gasteiger partial charge in [-0.15, -0.1) is 0 Å². The molecule has 0 heterocycles. The molecule has 0 spiro atoms. The summed E-state index contributed by atoms with van der Waals surface area (Å²) in [7, 11) is 0. The average Bonchev–Trinajstić information content (AvgIpc) is 2.17. The van der Waals surface area contributed by atoms with Crippen molar-refractivity contribution < 1.29 is 10.2 Å². The van der Waals surface area contributed by atoms with Crippen LogP contribution < -0.4 is 5.73 Å². The summed E-state index contributed by atoms with van der Waals surface area (Å²) in [4.78, 5) is 0. The molecule has 0 radical (unpaired) electrons. The van der Waals surface area contributed by atoms with E-state index in [1.165, 1.54) is 12.1 Å². The fourth-order valence-electron chi connectivity index (χ4n) is 0.979. The van der Waals surface area contributed by atoms with E-state index < -0.39 is 6.04 Å². The molecular formula is C9H10N2O2. The lowest BCUT2D eigenvalue weighted by atomic mass is 10.1. The molecule has 0 aromatic heterocycles. The molecule has 0 aliphatic carbocycles. The van der Waals surface area contributed by atoms with Crippen LogP contribution in [0.3, 0.4) is 0 Å². The van der Waals surface area contributed by atoms with E-state index in [-0.39, 0.29) is 17.9 Å². The number of aromatic hydroxyl groups is 1. The molecule has 4 N–H and O–H groups in total. The highest BCUT2D eigenvalue weighted by atomic mass is 16.3. The molecule has 0 aliphatic heterocycles. The molecule has 0 saturated heterocycles. The largest absolute Gasteiger partial charge is 0.507 e. The lowest BCUT2D eigenvalue weighted by molar-refractivity contribution is 0.268. The van der Waals surface area contributed by atoms with Crippen LogP contribution in [0.25, 0.3) is 0 Å². The van der Waals surface area contributed by atoms with E-state index in [9.17, 15) is 0 Å². The minimum atomic E-state index is -0.507. The molecule has 1 rings (SSSR count). The Morgan fingerprint density at radius 2 is 2.23 bits per heavy atom. The maximum atomic E-state index is 9.16. The molecule has 68 valence electrons. The zero-order valence-corrected chi connectivity index (χ0v) is 6.94. The van der Waals surface area contributed by atoms with Crippen molar-refractivity contribution in [3.63, 3.8) is 0 Å². The van der Waals surface area contributed by atoms with Gasteiger partial charge in [0.15, 0.2) is 0 Å². The SMILES string of the molecule is N#Cc1cc(C(N)CO)ccc1O. The smallest absolute Gasteiger partial charge is 0.133 e. The van der Waals surface area contributed by atoms with E-state index in [1.54, 1.807) is 6.07 Å². The number of benzene rings is 1. The first kappa shape index (κ1) is 9.52. The van der Waals surface area contributed by atoms with E-state index in [1.807, 2.05) is 6.07 Å². The number of hydrogen-bond donors (Lipinski definition) is 3. The fraction of sp³-hybridized carbons (Fsp3) is 0.222. The highest BCUT2D eigenvalue weighted by molar-refractivity contribution is 5.45. The molecule has 1 aromatic carbocycles. The lowest BCUT2D eigenvalue weighted by Gasteiger charge is -2.08. The van der Waals surface area contributed by atoms with Gasteiger partial charge in [-0.05, 0) is 17.7 Å². The second-order valence-electron chi connectivity index (χ2n) is 2.68. The third-order valence-electron chi connectivity index (χ3n) is 1.77. The summed E-state index contributed by atoms with van der Waals surface area (Å²) in [5.41, 5.74) is 6.33. The quantitative estimate of drug-likeness (QED) is 0.605. The molecule has 0 amide bonds. The Balaban J connectivity index is 3.08. The van der Waals surface area contributed by atoms with Crippen molar-refractivity contribution in [2.75, 3.05) is 6.61 Å². The Bertz CT molecular complexity index is 344. The topological polar surface area (TPSA) is 90.3 Å². The second-order valence-corrected chi connectivity index (χ2v) is 2.68. The Kier molecular flexibility index (Phi) is 2.85. The molecular weight excluding hydrogens is 168 g/mol. The van der Waals surface area contributed by atoms with E-state index >= 15 is 0 Å². The Hall–Kier alpha value is -1.57. The van der Waals surface area contributed by atoms with Gasteiger partial charge in [-0.2, -0.15) is 5.26 Å². The van der Waals surface area contributed by atoms with E-state index in [0.29, 0.717) is 5.56 Å². The van der Waals surface area contributed by atoms with Gasteiger partial charge in [0, 0.05) is 0 Å². The van der Waals surface area contributed by atoms with Gasteiger partial charge in [0.1, 0.15) is 11.8 Å². The Morgan fingerprint density at radius 1 is 1.54 bits per heavy atom. The average molecular weight is 178 g/mol. The number of phenols is 1. The first-order valence-electron chi connectivity index (χ1n) is 3.78. The predicted molar refractivity (Wildman–Crippen MR) is 46.8 cm³/mol. The molecule has 0 fully saturated rings. The monoisotopic (exact) mass is 178 g/mol. The van der Waals surface area contributed by atoms with Gasteiger partial charge in [-0.3, -0.25) is 0 Å². The first-order chi connectivity index (χ1) is 6.19. The molecule has 4 heteroatoms. The molecule has 4 nitrogen and oxygen atoms in total. The van der Waals surface area contributed by atoms with Crippen LogP contribution in [0.4, 0.5) is 0 Å². The molecule has 1 atom stereocenters. The van der Waals surface area contributed by atoms with Crippen LogP contribution in [0.1, 0.15) is 17.2 Å². The molecule has 0 saturated carbocycles. The van der Waals surface area contributed by atoms with Crippen molar-refractivity contribution in [2.24, 2.45) is 5.73 Å². The zero-order chi connectivity index (χ0) is 9.84. The van der Waals surface area contributed by atoms with Gasteiger partial charge in [-0.1, -0.05) is 6.07 Å². The number of nitrogens with zero attached hydrogens (tertiary/aromatic N) is 1. The number of rotatable bonds is 2. The predicted octanol–water partition coefficient (Wildman–Crippen LogP) is 0.256. The van der Waals surface area contributed by atoms with Gasteiger partial charge in [0.05, 0.1) is 18.2 Å². The van der Waals surface area contributed by atoms with Crippen molar-refractivity contribution in [2.45, 2.75) is 6.04 Å². The number of phenolic OH excluding ortho intramolecular Hbond substituents is 1. The first-order valence-corrected chi connectivity index (χ1v) is 3.78. The van der Waals surface area contributed by atoms with E-state index in [0.717, 1.165) is 0 Å². The normalized spacial score (nSPS) is 12.1. The summed E-state index contributed by atoms with van der Waals surface area (Å²) >= 11 is 0. The van der Waals surface area contributed by atoms with Crippen LogP contribution in [0.2, 0.25) is 0 Å². The van der Waals surface area contributed by atoms with Gasteiger partial charge in [0.2, 0.25) is 0 Å². The summed E-state index contributed by atoms with van der Waals surface area (Å²) in [6.45, 7) is -0.185. The highest BCUT2D eigenvalue weighted by Crippen LogP contribution is 2.20. The van der Waals surface area contributed by atoms with E-state index in [2.05, 4.69) is 0 Å². The van der Waals surface area contributed by atoms with Crippen LogP contribution in [-0.4, -0.2) is 16.8 Å². The van der Waals surface area contributed by atoms with Gasteiger partial charge >= 0.3 is 0 Å². The van der Waals surface area contributed by atoms with Gasteiger partial charge in [-0.25, -0.2) is 0 Å². The summed E-state index contributed by atoms with van der Waals surface area (Å²) in [6.07, 6.45) is 0. The third kappa shape index (κ3) is 1.96. The third-order valence-corrected chi connectivity index (χ3v) is 1.77. The van der Waals surface area contributed by atoms with Crippen LogP contribution in [0.15, 0.2) is 18.2 Å². The summed E-state index contributed by atoms with van der Waals surface area (Å²) < 4.78 is 0. The Morgan fingerprint density at radius 3 is 2.77 bits per heavy atom.